The maximum atomic E-state index is 4.96. The molecule has 3 aromatic heterocycles. The molecule has 0 saturated carbocycles. The Morgan fingerprint density at radius 1 is 0.667 bits per heavy atom. The van der Waals surface area contributed by atoms with Crippen LogP contribution >= 0.6 is 0 Å². The highest BCUT2D eigenvalue weighted by molar-refractivity contribution is 6.22. The highest BCUT2D eigenvalue weighted by atomic mass is 14.9. The molecule has 0 aliphatic heterocycles. The van der Waals surface area contributed by atoms with Gasteiger partial charge in [-0.25, -0.2) is 4.98 Å². The van der Waals surface area contributed by atoms with E-state index in [1.54, 1.807) is 0 Å². The minimum absolute atomic E-state index is 0.318. The first-order valence-electron chi connectivity index (χ1n) is 13.7. The first-order valence-corrected chi connectivity index (χ1v) is 13.7. The predicted molar refractivity (Wildman–Crippen MR) is 165 cm³/mol. The molecule has 0 atom stereocenters. The number of aromatic amines is 1. The molecule has 2 N–H and O–H groups in total. The zero-order chi connectivity index (χ0) is 26.8. The van der Waals surface area contributed by atoms with Crippen molar-refractivity contribution in [1.82, 2.24) is 19.9 Å². The molecule has 0 aliphatic carbocycles. The summed E-state index contributed by atoms with van der Waals surface area (Å²) >= 11 is 0. The van der Waals surface area contributed by atoms with Crippen LogP contribution in [0.25, 0.3) is 65.5 Å². The molecule has 5 heteroatoms. The van der Waals surface area contributed by atoms with Crippen LogP contribution in [-0.4, -0.2) is 26.0 Å². The Labute approximate surface area is 227 Å². The lowest BCUT2D eigenvalue weighted by Crippen LogP contribution is -2.11. The van der Waals surface area contributed by atoms with Crippen LogP contribution in [0.15, 0.2) is 73.1 Å². The van der Waals surface area contributed by atoms with Gasteiger partial charge in [-0.1, -0.05) is 44.2 Å². The van der Waals surface area contributed by atoms with Crippen molar-refractivity contribution in [2.24, 2.45) is 0 Å². The van der Waals surface area contributed by atoms with Crippen LogP contribution in [0.5, 0.6) is 0 Å². The molecule has 0 bridgehead atoms. The van der Waals surface area contributed by atoms with E-state index in [2.05, 4.69) is 93.5 Å². The van der Waals surface area contributed by atoms with Gasteiger partial charge in [0.2, 0.25) is 0 Å². The number of H-pyrrole nitrogens is 1. The second-order valence-electron chi connectivity index (χ2n) is 11.1. The van der Waals surface area contributed by atoms with E-state index in [4.69, 9.17) is 15.0 Å². The molecule has 0 unspecified atom stereocenters. The monoisotopic (exact) mass is 509 g/mol. The average Bonchev–Trinajstić information content (AvgIpc) is 3.41. The molecule has 0 radical (unpaired) electrons. The fourth-order valence-electron chi connectivity index (χ4n) is 5.88. The molecule has 0 fully saturated rings. The Morgan fingerprint density at radius 2 is 1.28 bits per heavy atom. The third-order valence-corrected chi connectivity index (χ3v) is 7.77. The summed E-state index contributed by atoms with van der Waals surface area (Å²) < 4.78 is 0. The van der Waals surface area contributed by atoms with Crippen LogP contribution in [0.2, 0.25) is 0 Å². The molecule has 4 aromatic carbocycles. The van der Waals surface area contributed by atoms with E-state index in [0.29, 0.717) is 12.0 Å². The summed E-state index contributed by atoms with van der Waals surface area (Å²) in [6.07, 6.45) is 3.76. The summed E-state index contributed by atoms with van der Waals surface area (Å²) in [5, 5.41) is 10.6. The Bertz CT molecular complexity index is 2070. The first kappa shape index (κ1) is 23.6. The number of pyridine rings is 2. The third-order valence-electron chi connectivity index (χ3n) is 7.77. The molecule has 7 rings (SSSR count). The summed E-state index contributed by atoms with van der Waals surface area (Å²) in [4.78, 5) is 18.2. The number of anilines is 1. The molecular weight excluding hydrogens is 478 g/mol. The van der Waals surface area contributed by atoms with Crippen molar-refractivity contribution in [3.8, 4) is 11.1 Å². The topological polar surface area (TPSA) is 66.5 Å². The van der Waals surface area contributed by atoms with Crippen molar-refractivity contribution in [1.29, 1.82) is 0 Å². The van der Waals surface area contributed by atoms with Gasteiger partial charge in [-0.15, -0.1) is 0 Å². The second-order valence-corrected chi connectivity index (χ2v) is 11.1. The van der Waals surface area contributed by atoms with Crippen LogP contribution in [0, 0.1) is 6.92 Å². The maximum Gasteiger partial charge on any atom is 0.109 e. The van der Waals surface area contributed by atoms with Gasteiger partial charge >= 0.3 is 0 Å². The minimum atomic E-state index is 0.318. The molecule has 192 valence electrons. The van der Waals surface area contributed by atoms with Crippen LogP contribution < -0.4 is 5.32 Å². The number of rotatable bonds is 4. The van der Waals surface area contributed by atoms with E-state index in [1.165, 1.54) is 22.0 Å². The van der Waals surface area contributed by atoms with Crippen molar-refractivity contribution in [3.63, 3.8) is 0 Å². The standard InChI is InChI=1S/C34H31N5/c1-18(2)34-38-32-25-13-11-22(17-28(25)31-26(33(32)39-34)9-7-15-36-31)21-10-12-24-27(16-21)30-23(8-6-14-35-30)20(5)29(24)37-19(3)4/h6-19,37H,1-5H3,(H,38,39). The maximum absolute atomic E-state index is 4.96. The van der Waals surface area contributed by atoms with Gasteiger partial charge in [0.1, 0.15) is 5.82 Å². The van der Waals surface area contributed by atoms with E-state index in [9.17, 15) is 0 Å². The van der Waals surface area contributed by atoms with Crippen molar-refractivity contribution >= 4 is 60.1 Å². The molecule has 0 amide bonds. The fourth-order valence-corrected chi connectivity index (χ4v) is 5.88. The zero-order valence-corrected chi connectivity index (χ0v) is 22.9. The largest absolute Gasteiger partial charge is 0.382 e. The number of benzene rings is 4. The number of imidazole rings is 1. The van der Waals surface area contributed by atoms with E-state index in [-0.39, 0.29) is 0 Å². The Morgan fingerprint density at radius 3 is 1.95 bits per heavy atom. The summed E-state index contributed by atoms with van der Waals surface area (Å²) in [7, 11) is 0. The van der Waals surface area contributed by atoms with Gasteiger partial charge in [0, 0.05) is 62.4 Å². The minimum Gasteiger partial charge on any atom is -0.382 e. The number of nitrogens with one attached hydrogen (secondary N) is 2. The normalized spacial score (nSPS) is 12.2. The SMILES string of the molecule is Cc1c(NC(C)C)c2ccc(-c3ccc4c(c3)c3ncccc3c3nc(C(C)C)[nH]c43)cc2c2ncccc12. The molecule has 0 aliphatic rings. The summed E-state index contributed by atoms with van der Waals surface area (Å²) in [5.74, 6) is 1.32. The van der Waals surface area contributed by atoms with E-state index >= 15 is 0 Å². The molecular formula is C34H31N5. The van der Waals surface area contributed by atoms with Gasteiger partial charge < -0.3 is 10.3 Å². The Balaban J connectivity index is 1.50. The number of aromatic nitrogens is 4. The van der Waals surface area contributed by atoms with Crippen LogP contribution in [0.3, 0.4) is 0 Å². The summed E-state index contributed by atoms with van der Waals surface area (Å²) in [6.45, 7) is 10.9. The lowest BCUT2D eigenvalue weighted by atomic mass is 9.93. The number of fused-ring (bicyclic) bond motifs is 9. The van der Waals surface area contributed by atoms with Gasteiger partial charge in [-0.05, 0) is 67.8 Å². The average molecular weight is 510 g/mol. The zero-order valence-electron chi connectivity index (χ0n) is 22.9. The van der Waals surface area contributed by atoms with Gasteiger partial charge in [0.05, 0.1) is 22.1 Å². The lowest BCUT2D eigenvalue weighted by molar-refractivity contribution is 0.799. The molecule has 0 saturated heterocycles. The molecule has 0 spiro atoms. The van der Waals surface area contributed by atoms with Crippen LogP contribution in [0.4, 0.5) is 5.69 Å². The highest BCUT2D eigenvalue weighted by Crippen LogP contribution is 2.39. The van der Waals surface area contributed by atoms with E-state index in [0.717, 1.165) is 60.6 Å². The molecule has 5 nitrogen and oxygen atoms in total. The number of nitrogens with zero attached hydrogens (tertiary/aromatic N) is 3. The quantitative estimate of drug-likeness (QED) is 0.233. The summed E-state index contributed by atoms with van der Waals surface area (Å²) in [5.41, 5.74) is 8.82. The van der Waals surface area contributed by atoms with Gasteiger partial charge in [0.25, 0.3) is 0 Å². The number of hydrogen-bond acceptors (Lipinski definition) is 4. The van der Waals surface area contributed by atoms with Crippen molar-refractivity contribution in [3.05, 3.63) is 84.4 Å². The fraction of sp³-hybridized carbons (Fsp3) is 0.206. The van der Waals surface area contributed by atoms with Crippen LogP contribution in [-0.2, 0) is 0 Å². The Kier molecular flexibility index (Phi) is 5.31. The predicted octanol–water partition coefficient (Wildman–Crippen LogP) is 8.88. The van der Waals surface area contributed by atoms with Crippen molar-refractivity contribution in [2.45, 2.75) is 46.6 Å². The molecule has 3 heterocycles. The van der Waals surface area contributed by atoms with E-state index < -0.39 is 0 Å². The summed E-state index contributed by atoms with van der Waals surface area (Å²) in [6, 6.07) is 22.1. The lowest BCUT2D eigenvalue weighted by Gasteiger charge is -2.19. The number of aryl methyl sites for hydroxylation is 1. The number of hydrogen-bond donors (Lipinski definition) is 2. The van der Waals surface area contributed by atoms with Crippen molar-refractivity contribution < 1.29 is 0 Å². The second kappa shape index (κ2) is 8.77. The Hall–Kier alpha value is -4.51. The van der Waals surface area contributed by atoms with Gasteiger partial charge in [-0.2, -0.15) is 0 Å². The van der Waals surface area contributed by atoms with E-state index in [1.807, 2.05) is 24.5 Å². The van der Waals surface area contributed by atoms with Gasteiger partial charge in [0.15, 0.2) is 0 Å². The molecule has 39 heavy (non-hydrogen) atoms. The molecule has 7 aromatic rings. The highest BCUT2D eigenvalue weighted by Gasteiger charge is 2.17. The third kappa shape index (κ3) is 3.64. The van der Waals surface area contributed by atoms with Gasteiger partial charge in [-0.3, -0.25) is 9.97 Å². The smallest absolute Gasteiger partial charge is 0.109 e. The van der Waals surface area contributed by atoms with Crippen LogP contribution in [0.1, 0.15) is 45.0 Å². The first-order chi connectivity index (χ1) is 18.9. The van der Waals surface area contributed by atoms with Crippen molar-refractivity contribution in [2.75, 3.05) is 5.32 Å².